The first-order valence-corrected chi connectivity index (χ1v) is 23.2. The van der Waals surface area contributed by atoms with Crippen molar-refractivity contribution in [3.05, 3.63) is 48.6 Å². The molecule has 334 valence electrons. The topological polar surface area (TPSA) is 122 Å². The van der Waals surface area contributed by atoms with E-state index in [1.54, 1.807) is 0 Å². The lowest BCUT2D eigenvalue weighted by molar-refractivity contribution is -0.273. The molecule has 1 heterocycles. The van der Waals surface area contributed by atoms with E-state index in [2.05, 4.69) is 25.7 Å². The molecular weight excluding hydrogens is 805 g/mol. The molecule has 0 saturated carbocycles. The number of amides is 1. The first-order valence-electron chi connectivity index (χ1n) is 22.1. The van der Waals surface area contributed by atoms with Crippen molar-refractivity contribution in [2.45, 2.75) is 196 Å². The Morgan fingerprint density at radius 2 is 1.43 bits per heavy atom. The third kappa shape index (κ3) is 25.2. The van der Waals surface area contributed by atoms with Crippen molar-refractivity contribution in [2.75, 3.05) is 26.4 Å². The third-order valence-corrected chi connectivity index (χ3v) is 10.6. The Morgan fingerprint density at radius 1 is 0.862 bits per heavy atom. The number of benzene rings is 1. The zero-order valence-electron chi connectivity index (χ0n) is 35.4. The van der Waals surface area contributed by atoms with Crippen LogP contribution in [-0.4, -0.2) is 84.1 Å². The van der Waals surface area contributed by atoms with Crippen molar-refractivity contribution in [1.29, 1.82) is 0 Å². The normalized spacial score (nSPS) is 20.1. The number of aliphatic hydroxyl groups is 1. The zero-order valence-corrected chi connectivity index (χ0v) is 37.6. The number of alkyl carbamates (subject to hydrolysis) is 1. The van der Waals surface area contributed by atoms with Crippen LogP contribution in [0.1, 0.15) is 154 Å². The first kappa shape index (κ1) is 52.5. The van der Waals surface area contributed by atoms with E-state index >= 15 is 0 Å². The summed E-state index contributed by atoms with van der Waals surface area (Å²) in [6, 6.07) is 8.36. The van der Waals surface area contributed by atoms with Gasteiger partial charge in [0.25, 0.3) is 0 Å². The molecule has 0 aliphatic carbocycles. The quantitative estimate of drug-likeness (QED) is 0.0302. The van der Waals surface area contributed by atoms with Crippen LogP contribution >= 0.6 is 34.8 Å². The zero-order chi connectivity index (χ0) is 42.3. The van der Waals surface area contributed by atoms with Crippen LogP contribution < -0.4 is 5.32 Å². The van der Waals surface area contributed by atoms with E-state index < -0.39 is 53.1 Å². The molecule has 1 fully saturated rings. The molecular formula is C45H74Cl3NO9. The van der Waals surface area contributed by atoms with Crippen LogP contribution in [0, 0.1) is 0 Å². The fourth-order valence-corrected chi connectivity index (χ4v) is 7.16. The Balaban J connectivity index is 2.11. The number of carbonyl (C=O) groups excluding carboxylic acids is 2. The minimum atomic E-state index is -1.86. The summed E-state index contributed by atoms with van der Waals surface area (Å²) in [5.74, 6) is -0.581. The third-order valence-electron chi connectivity index (χ3n) is 10.2. The van der Waals surface area contributed by atoms with Gasteiger partial charge in [-0.3, -0.25) is 4.79 Å². The number of carbonyl (C=O) groups is 2. The average Bonchev–Trinajstić information content (AvgIpc) is 3.20. The Kier molecular flexibility index (Phi) is 29.9. The van der Waals surface area contributed by atoms with Crippen molar-refractivity contribution in [3.63, 3.8) is 0 Å². The highest BCUT2D eigenvalue weighted by molar-refractivity contribution is 6.67. The highest BCUT2D eigenvalue weighted by Crippen LogP contribution is 2.28. The van der Waals surface area contributed by atoms with Gasteiger partial charge in [-0.2, -0.15) is 0 Å². The number of hydrogen-bond acceptors (Lipinski definition) is 9. The van der Waals surface area contributed by atoms with E-state index in [-0.39, 0.29) is 32.3 Å². The highest BCUT2D eigenvalue weighted by atomic mass is 35.6. The number of nitrogens with one attached hydrogen (secondary N) is 1. The van der Waals surface area contributed by atoms with Crippen LogP contribution in [0.5, 0.6) is 0 Å². The molecule has 0 unspecified atom stereocenters. The van der Waals surface area contributed by atoms with Crippen LogP contribution in [0.3, 0.4) is 0 Å². The van der Waals surface area contributed by atoms with Gasteiger partial charge in [0, 0.05) is 6.61 Å². The minimum absolute atomic E-state index is 0.0172. The molecule has 13 heteroatoms. The summed E-state index contributed by atoms with van der Waals surface area (Å²) in [6.45, 7) is 8.44. The van der Waals surface area contributed by atoms with Gasteiger partial charge in [-0.25, -0.2) is 4.79 Å². The summed E-state index contributed by atoms with van der Waals surface area (Å²) < 4.78 is 33.6. The molecule has 0 radical (unpaired) electrons. The molecule has 6 atom stereocenters. The fourth-order valence-electron chi connectivity index (χ4n) is 7.00. The number of hydrogen-bond donors (Lipinski definition) is 2. The summed E-state index contributed by atoms with van der Waals surface area (Å²) in [4.78, 5) is 26.7. The van der Waals surface area contributed by atoms with Crippen LogP contribution in [0.2, 0.25) is 0 Å². The second-order valence-corrected chi connectivity index (χ2v) is 18.0. The van der Waals surface area contributed by atoms with E-state index in [1.807, 2.05) is 30.3 Å². The van der Waals surface area contributed by atoms with E-state index in [9.17, 15) is 14.7 Å². The van der Waals surface area contributed by atoms with Gasteiger partial charge in [0.2, 0.25) is 3.79 Å². The summed E-state index contributed by atoms with van der Waals surface area (Å²) in [5, 5.41) is 14.3. The number of halogens is 3. The molecule has 1 amide bonds. The largest absolute Gasteiger partial charge is 0.457 e. The molecule has 0 bridgehead atoms. The van der Waals surface area contributed by atoms with Crippen LogP contribution in [0.25, 0.3) is 0 Å². The van der Waals surface area contributed by atoms with E-state index in [0.29, 0.717) is 13.0 Å². The number of aliphatic hydroxyl groups excluding tert-OH is 1. The predicted molar refractivity (Wildman–Crippen MR) is 233 cm³/mol. The van der Waals surface area contributed by atoms with Gasteiger partial charge in [-0.15, -0.1) is 6.58 Å². The van der Waals surface area contributed by atoms with Gasteiger partial charge in [-0.05, 0) is 18.4 Å². The van der Waals surface area contributed by atoms with Gasteiger partial charge < -0.3 is 38.8 Å². The maximum Gasteiger partial charge on any atom is 0.407 e. The van der Waals surface area contributed by atoms with Gasteiger partial charge in [0.05, 0.1) is 32.3 Å². The molecule has 0 spiro atoms. The smallest absolute Gasteiger partial charge is 0.407 e. The lowest BCUT2D eigenvalue weighted by Crippen LogP contribution is -2.66. The number of unbranched alkanes of at least 4 members (excludes halogenated alkanes) is 17. The van der Waals surface area contributed by atoms with Crippen molar-refractivity contribution < 1.29 is 43.1 Å². The molecule has 58 heavy (non-hydrogen) atoms. The molecule has 1 saturated heterocycles. The van der Waals surface area contributed by atoms with Crippen LogP contribution in [-0.2, 0) is 39.8 Å². The van der Waals surface area contributed by atoms with Gasteiger partial charge in [-0.1, -0.05) is 201 Å². The first-order chi connectivity index (χ1) is 28.1. The van der Waals surface area contributed by atoms with Gasteiger partial charge >= 0.3 is 12.1 Å². The van der Waals surface area contributed by atoms with Gasteiger partial charge in [0.1, 0.15) is 24.9 Å². The molecule has 10 nitrogen and oxygen atoms in total. The molecule has 2 N–H and O–H groups in total. The average molecular weight is 879 g/mol. The molecule has 1 aliphatic rings. The fraction of sp³-hybridized carbons (Fsp3) is 0.778. The summed E-state index contributed by atoms with van der Waals surface area (Å²) in [5.41, 5.74) is 0.933. The Bertz CT molecular complexity index is 1190. The molecule has 1 aliphatic heterocycles. The lowest BCUT2D eigenvalue weighted by Gasteiger charge is -2.44. The molecule has 2 rings (SSSR count). The number of esters is 1. The monoisotopic (exact) mass is 877 g/mol. The standard InChI is InChI=1S/C45H74Cl3NO9/c1-4-7-9-11-13-15-17-19-21-26-31-54-37(29-25-20-18-16-14-12-10-8-5-2)32-39(50)58-42-40(49-44(52)56-35-45(46,47)48)43(55-30-6-3)57-38(41(42)51)34-53-33-36-27-23-22-24-28-36/h6,22-24,27-28,37-38,40-43,51H,3-5,7-21,25-26,29-35H2,1-2H3,(H,49,52)/t37-,38-,40-,41-,42-,43+/m1/s1. The van der Waals surface area contributed by atoms with E-state index in [4.69, 9.17) is 63.2 Å². The Morgan fingerprint density at radius 3 is 2.00 bits per heavy atom. The summed E-state index contributed by atoms with van der Waals surface area (Å²) in [7, 11) is 0. The number of rotatable bonds is 34. The molecule has 1 aromatic carbocycles. The van der Waals surface area contributed by atoms with Crippen molar-refractivity contribution in [3.8, 4) is 0 Å². The second-order valence-electron chi connectivity index (χ2n) is 15.5. The lowest BCUT2D eigenvalue weighted by atomic mass is 9.96. The number of ether oxygens (including phenoxy) is 6. The number of alkyl halides is 3. The van der Waals surface area contributed by atoms with E-state index in [1.165, 1.54) is 96.0 Å². The Hall–Kier alpha value is -1.63. The summed E-state index contributed by atoms with van der Waals surface area (Å²) >= 11 is 17.4. The molecule has 1 aromatic rings. The van der Waals surface area contributed by atoms with Crippen molar-refractivity contribution in [2.24, 2.45) is 0 Å². The van der Waals surface area contributed by atoms with Crippen molar-refractivity contribution >= 4 is 46.9 Å². The highest BCUT2D eigenvalue weighted by Gasteiger charge is 2.49. The maximum atomic E-state index is 13.8. The van der Waals surface area contributed by atoms with Gasteiger partial charge in [0.15, 0.2) is 12.4 Å². The SMILES string of the molecule is C=CCO[C@H]1O[C@H](COCc2ccccc2)[C@@H](O)[C@H](OC(=O)C[C@@H](CCCCCCCCCCC)OCCCCCCCCCCCC)[C@H]1NC(=O)OCC(Cl)(Cl)Cl. The van der Waals surface area contributed by atoms with Crippen LogP contribution in [0.4, 0.5) is 4.79 Å². The second kappa shape index (κ2) is 33.1. The Labute approximate surface area is 364 Å². The maximum absolute atomic E-state index is 13.8. The summed E-state index contributed by atoms with van der Waals surface area (Å²) in [6.07, 6.45) is 18.9. The van der Waals surface area contributed by atoms with Crippen LogP contribution in [0.15, 0.2) is 43.0 Å². The predicted octanol–water partition coefficient (Wildman–Crippen LogP) is 11.5. The molecule has 0 aromatic heterocycles. The van der Waals surface area contributed by atoms with Crippen molar-refractivity contribution in [1.82, 2.24) is 5.32 Å². The minimum Gasteiger partial charge on any atom is -0.457 e. The van der Waals surface area contributed by atoms with E-state index in [0.717, 1.165) is 37.7 Å².